The van der Waals surface area contributed by atoms with Gasteiger partial charge in [0.1, 0.15) is 6.10 Å². The highest BCUT2D eigenvalue weighted by Crippen LogP contribution is 2.17. The number of nitrogens with zero attached hydrogens (tertiary/aromatic N) is 3. The Morgan fingerprint density at radius 2 is 2.27 bits per heavy atom. The molecule has 0 radical (unpaired) electrons. The summed E-state index contributed by atoms with van der Waals surface area (Å²) in [6.07, 6.45) is 4.13. The van der Waals surface area contributed by atoms with Crippen LogP contribution >= 0.6 is 11.3 Å². The summed E-state index contributed by atoms with van der Waals surface area (Å²) in [5, 5.41) is 3.96. The Labute approximate surface area is 131 Å². The molecule has 1 atom stereocenters. The molecule has 1 saturated heterocycles. The van der Waals surface area contributed by atoms with Gasteiger partial charge in [0.2, 0.25) is 5.91 Å². The van der Waals surface area contributed by atoms with Crippen molar-refractivity contribution in [2.75, 3.05) is 13.1 Å². The first-order chi connectivity index (χ1) is 10.7. The van der Waals surface area contributed by atoms with Gasteiger partial charge in [0.25, 0.3) is 0 Å². The van der Waals surface area contributed by atoms with E-state index in [0.29, 0.717) is 13.0 Å². The normalized spacial score (nSPS) is 18.2. The monoisotopic (exact) mass is 321 g/mol. The van der Waals surface area contributed by atoms with Gasteiger partial charge in [-0.05, 0) is 35.2 Å². The summed E-state index contributed by atoms with van der Waals surface area (Å²) in [7, 11) is 0. The fraction of sp³-hybridized carbons (Fsp3) is 0.400. The minimum atomic E-state index is -0.497. The van der Waals surface area contributed by atoms with E-state index in [0.717, 1.165) is 37.3 Å². The molecule has 0 saturated carbocycles. The van der Waals surface area contributed by atoms with Crippen LogP contribution in [0.4, 0.5) is 4.39 Å². The summed E-state index contributed by atoms with van der Waals surface area (Å²) in [5.41, 5.74) is 1.04. The van der Waals surface area contributed by atoms with E-state index in [1.165, 1.54) is 0 Å². The molecule has 1 unspecified atom stereocenters. The number of carbonyl (C=O) groups is 1. The van der Waals surface area contributed by atoms with Crippen molar-refractivity contribution >= 4 is 17.2 Å². The molecule has 1 amide bonds. The highest BCUT2D eigenvalue weighted by Gasteiger charge is 2.25. The quantitative estimate of drug-likeness (QED) is 0.867. The number of hydrogen-bond acceptors (Lipinski definition) is 5. The van der Waals surface area contributed by atoms with Crippen LogP contribution in [0.15, 0.2) is 29.2 Å². The van der Waals surface area contributed by atoms with Crippen molar-refractivity contribution in [1.82, 2.24) is 14.9 Å². The maximum Gasteiger partial charge on any atom is 0.316 e. The van der Waals surface area contributed by atoms with Gasteiger partial charge in [-0.1, -0.05) is 0 Å². The highest BCUT2D eigenvalue weighted by molar-refractivity contribution is 7.07. The molecule has 7 heteroatoms. The van der Waals surface area contributed by atoms with E-state index in [4.69, 9.17) is 4.74 Å². The summed E-state index contributed by atoms with van der Waals surface area (Å²) in [4.78, 5) is 21.7. The van der Waals surface area contributed by atoms with Gasteiger partial charge in [-0.2, -0.15) is 11.3 Å². The standard InChI is InChI=1S/C15H16FN3O2S/c16-12-7-17-15(18-8-12)21-13-2-1-4-19(9-13)14(20)6-11-3-5-22-10-11/h3,5,7-8,10,13H,1-2,4,6,9H2. The molecular formula is C15H16FN3O2S. The lowest BCUT2D eigenvalue weighted by Crippen LogP contribution is -2.45. The molecule has 116 valence electrons. The minimum Gasteiger partial charge on any atom is -0.458 e. The molecule has 0 aliphatic carbocycles. The number of amides is 1. The molecule has 1 aliphatic rings. The summed E-state index contributed by atoms with van der Waals surface area (Å²) in [6, 6.07) is 2.12. The Morgan fingerprint density at radius 3 is 3.00 bits per heavy atom. The summed E-state index contributed by atoms with van der Waals surface area (Å²) >= 11 is 1.59. The molecule has 2 aromatic heterocycles. The van der Waals surface area contributed by atoms with E-state index in [1.54, 1.807) is 11.3 Å². The van der Waals surface area contributed by atoms with Crippen LogP contribution in [-0.2, 0) is 11.2 Å². The third-order valence-corrected chi connectivity index (χ3v) is 4.27. The van der Waals surface area contributed by atoms with Crippen LogP contribution in [0.5, 0.6) is 6.01 Å². The average molecular weight is 321 g/mol. The zero-order chi connectivity index (χ0) is 15.4. The average Bonchev–Trinajstić information content (AvgIpc) is 3.03. The van der Waals surface area contributed by atoms with Crippen molar-refractivity contribution in [2.45, 2.75) is 25.4 Å². The van der Waals surface area contributed by atoms with Gasteiger partial charge in [0.15, 0.2) is 5.82 Å². The van der Waals surface area contributed by atoms with Gasteiger partial charge in [-0.15, -0.1) is 0 Å². The molecule has 22 heavy (non-hydrogen) atoms. The lowest BCUT2D eigenvalue weighted by Gasteiger charge is -2.32. The van der Waals surface area contributed by atoms with E-state index >= 15 is 0 Å². The lowest BCUT2D eigenvalue weighted by molar-refractivity contribution is -0.133. The number of ether oxygens (including phenoxy) is 1. The van der Waals surface area contributed by atoms with Gasteiger partial charge in [-0.3, -0.25) is 4.79 Å². The van der Waals surface area contributed by atoms with Crippen molar-refractivity contribution in [2.24, 2.45) is 0 Å². The molecule has 1 fully saturated rings. The molecule has 5 nitrogen and oxygen atoms in total. The molecular weight excluding hydrogens is 305 g/mol. The van der Waals surface area contributed by atoms with E-state index in [-0.39, 0.29) is 18.0 Å². The Balaban J connectivity index is 1.56. The molecule has 0 spiro atoms. The van der Waals surface area contributed by atoms with Crippen LogP contribution in [-0.4, -0.2) is 40.0 Å². The molecule has 0 N–H and O–H groups in total. The highest BCUT2D eigenvalue weighted by atomic mass is 32.1. The van der Waals surface area contributed by atoms with Crippen LogP contribution in [0, 0.1) is 5.82 Å². The third kappa shape index (κ3) is 3.79. The topological polar surface area (TPSA) is 55.3 Å². The van der Waals surface area contributed by atoms with Crippen LogP contribution in [0.25, 0.3) is 0 Å². The Kier molecular flexibility index (Phi) is 4.62. The van der Waals surface area contributed by atoms with Gasteiger partial charge >= 0.3 is 6.01 Å². The van der Waals surface area contributed by atoms with Crippen molar-refractivity contribution in [3.63, 3.8) is 0 Å². The van der Waals surface area contributed by atoms with Gasteiger partial charge in [-0.25, -0.2) is 14.4 Å². The Bertz CT molecular complexity index is 618. The Hall–Kier alpha value is -2.02. The Morgan fingerprint density at radius 1 is 1.45 bits per heavy atom. The van der Waals surface area contributed by atoms with E-state index in [2.05, 4.69) is 9.97 Å². The number of halogens is 1. The van der Waals surface area contributed by atoms with Crippen LogP contribution in [0.2, 0.25) is 0 Å². The fourth-order valence-corrected chi connectivity index (χ4v) is 3.12. The first kappa shape index (κ1) is 14.9. The lowest BCUT2D eigenvalue weighted by atomic mass is 10.1. The predicted molar refractivity (Wildman–Crippen MR) is 80.2 cm³/mol. The maximum atomic E-state index is 12.8. The summed E-state index contributed by atoms with van der Waals surface area (Å²) in [6.45, 7) is 1.26. The van der Waals surface area contributed by atoms with Crippen LogP contribution < -0.4 is 4.74 Å². The number of hydrogen-bond donors (Lipinski definition) is 0. The summed E-state index contributed by atoms with van der Waals surface area (Å²) < 4.78 is 18.4. The van der Waals surface area contributed by atoms with Crippen molar-refractivity contribution < 1.29 is 13.9 Å². The molecule has 2 aromatic rings. The van der Waals surface area contributed by atoms with Crippen LogP contribution in [0.1, 0.15) is 18.4 Å². The number of piperidine rings is 1. The number of aromatic nitrogens is 2. The number of thiophene rings is 1. The second kappa shape index (κ2) is 6.83. The first-order valence-electron chi connectivity index (χ1n) is 7.14. The van der Waals surface area contributed by atoms with E-state index < -0.39 is 5.82 Å². The predicted octanol–water partition coefficient (Wildman–Crippen LogP) is 2.29. The fourth-order valence-electron chi connectivity index (χ4n) is 2.45. The zero-order valence-corrected chi connectivity index (χ0v) is 12.8. The number of rotatable bonds is 4. The van der Waals surface area contributed by atoms with Crippen molar-refractivity contribution in [3.8, 4) is 6.01 Å². The second-order valence-electron chi connectivity index (χ2n) is 5.21. The maximum absolute atomic E-state index is 12.8. The van der Waals surface area contributed by atoms with Crippen LogP contribution in [0.3, 0.4) is 0 Å². The second-order valence-corrected chi connectivity index (χ2v) is 5.99. The zero-order valence-electron chi connectivity index (χ0n) is 11.9. The van der Waals surface area contributed by atoms with Crippen molar-refractivity contribution in [1.29, 1.82) is 0 Å². The first-order valence-corrected chi connectivity index (χ1v) is 8.08. The third-order valence-electron chi connectivity index (χ3n) is 3.54. The SMILES string of the molecule is O=C(Cc1ccsc1)N1CCCC(Oc2ncc(F)cn2)C1. The summed E-state index contributed by atoms with van der Waals surface area (Å²) in [5.74, 6) is -0.393. The molecule has 0 bridgehead atoms. The molecule has 3 heterocycles. The largest absolute Gasteiger partial charge is 0.458 e. The number of likely N-dealkylation sites (tertiary alicyclic amines) is 1. The van der Waals surface area contributed by atoms with Gasteiger partial charge in [0, 0.05) is 6.54 Å². The van der Waals surface area contributed by atoms with Crippen molar-refractivity contribution in [3.05, 3.63) is 40.6 Å². The number of carbonyl (C=O) groups excluding carboxylic acids is 1. The molecule has 3 rings (SSSR count). The molecule has 0 aromatic carbocycles. The van der Waals surface area contributed by atoms with Gasteiger partial charge < -0.3 is 9.64 Å². The smallest absolute Gasteiger partial charge is 0.316 e. The van der Waals surface area contributed by atoms with Gasteiger partial charge in [0.05, 0.1) is 25.4 Å². The molecule has 1 aliphatic heterocycles. The minimum absolute atomic E-state index is 0.103. The van der Waals surface area contributed by atoms with E-state index in [1.807, 2.05) is 21.7 Å². The van der Waals surface area contributed by atoms with E-state index in [9.17, 15) is 9.18 Å².